The van der Waals surface area contributed by atoms with E-state index in [0.717, 1.165) is 19.5 Å². The van der Waals surface area contributed by atoms with Crippen LogP contribution in [0.5, 0.6) is 0 Å². The van der Waals surface area contributed by atoms with E-state index in [0.29, 0.717) is 25.0 Å². The number of aromatic nitrogens is 1. The lowest BCUT2D eigenvalue weighted by atomic mass is 10.1. The molecule has 14 heteroatoms. The van der Waals surface area contributed by atoms with Gasteiger partial charge in [0.1, 0.15) is 0 Å². The SMILES string of the molecule is C=CCN1C(=O)C[C@@H]2[C@@H]1CCN2Cc1cccnc1.O=C(O)C(F)(F)F.O=C(O)C(F)(F)F. The van der Waals surface area contributed by atoms with E-state index >= 15 is 0 Å². The van der Waals surface area contributed by atoms with Crippen molar-refractivity contribution in [1.29, 1.82) is 0 Å². The molecule has 1 amide bonds. The highest BCUT2D eigenvalue weighted by Gasteiger charge is 2.46. The highest BCUT2D eigenvalue weighted by atomic mass is 19.4. The first-order valence-electron chi connectivity index (χ1n) is 9.32. The Hall–Kier alpha value is -3.16. The molecule has 1 aromatic heterocycles. The summed E-state index contributed by atoms with van der Waals surface area (Å²) in [5.74, 6) is -5.24. The molecule has 2 N–H and O–H groups in total. The Balaban J connectivity index is 0.000000324. The van der Waals surface area contributed by atoms with Crippen LogP contribution >= 0.6 is 0 Å². The first kappa shape index (κ1) is 27.9. The molecule has 3 heterocycles. The molecule has 8 nitrogen and oxygen atoms in total. The summed E-state index contributed by atoms with van der Waals surface area (Å²) in [5, 5.41) is 14.2. The first-order valence-corrected chi connectivity index (χ1v) is 9.32. The van der Waals surface area contributed by atoms with Gasteiger partial charge < -0.3 is 15.1 Å². The van der Waals surface area contributed by atoms with E-state index in [1.165, 1.54) is 5.56 Å². The molecule has 2 saturated heterocycles. The highest BCUT2D eigenvalue weighted by Crippen LogP contribution is 2.33. The highest BCUT2D eigenvalue weighted by molar-refractivity contribution is 5.80. The van der Waals surface area contributed by atoms with Gasteiger partial charge in [-0.2, -0.15) is 26.3 Å². The van der Waals surface area contributed by atoms with Crippen molar-refractivity contribution in [3.63, 3.8) is 0 Å². The van der Waals surface area contributed by atoms with Crippen molar-refractivity contribution in [3.8, 4) is 0 Å². The number of aliphatic carboxylic acids is 2. The monoisotopic (exact) mass is 485 g/mol. The third-order valence-electron chi connectivity index (χ3n) is 4.65. The number of carboxylic acids is 2. The van der Waals surface area contributed by atoms with Crippen molar-refractivity contribution >= 4 is 17.8 Å². The summed E-state index contributed by atoms with van der Waals surface area (Å²) >= 11 is 0. The topological polar surface area (TPSA) is 111 Å². The third-order valence-corrected chi connectivity index (χ3v) is 4.65. The number of hydrogen-bond acceptors (Lipinski definition) is 5. The number of nitrogens with zero attached hydrogens (tertiary/aromatic N) is 3. The Bertz CT molecular complexity index is 807. The minimum atomic E-state index is -5.08. The van der Waals surface area contributed by atoms with Gasteiger partial charge in [-0.25, -0.2) is 9.59 Å². The zero-order valence-electron chi connectivity index (χ0n) is 17.0. The Morgan fingerprint density at radius 2 is 1.67 bits per heavy atom. The summed E-state index contributed by atoms with van der Waals surface area (Å²) in [6.07, 6.45) is -2.92. The van der Waals surface area contributed by atoms with Gasteiger partial charge in [0, 0.05) is 50.5 Å². The third kappa shape index (κ3) is 8.71. The zero-order chi connectivity index (χ0) is 25.4. The predicted molar refractivity (Wildman–Crippen MR) is 101 cm³/mol. The number of likely N-dealkylation sites (tertiary alicyclic amines) is 2. The van der Waals surface area contributed by atoms with Crippen LogP contribution in [0.25, 0.3) is 0 Å². The van der Waals surface area contributed by atoms with Crippen LogP contribution in [0, 0.1) is 0 Å². The maximum absolute atomic E-state index is 12.0. The number of alkyl halides is 6. The number of fused-ring (bicyclic) bond motifs is 1. The van der Waals surface area contributed by atoms with E-state index in [1.54, 1.807) is 6.20 Å². The Kier molecular flexibility index (Phi) is 9.82. The van der Waals surface area contributed by atoms with E-state index < -0.39 is 24.3 Å². The van der Waals surface area contributed by atoms with E-state index in [4.69, 9.17) is 19.8 Å². The molecule has 33 heavy (non-hydrogen) atoms. The average molecular weight is 485 g/mol. The number of pyridine rings is 1. The van der Waals surface area contributed by atoms with Gasteiger partial charge in [0.25, 0.3) is 0 Å². The summed E-state index contributed by atoms with van der Waals surface area (Å²) < 4.78 is 63.5. The number of carbonyl (C=O) groups excluding carboxylic acids is 1. The molecule has 2 aliphatic rings. The summed E-state index contributed by atoms with van der Waals surface area (Å²) in [5.41, 5.74) is 1.22. The van der Waals surface area contributed by atoms with Crippen LogP contribution in [-0.2, 0) is 20.9 Å². The fourth-order valence-electron chi connectivity index (χ4n) is 3.31. The van der Waals surface area contributed by atoms with Crippen molar-refractivity contribution < 1.29 is 50.9 Å². The van der Waals surface area contributed by atoms with Crippen molar-refractivity contribution in [1.82, 2.24) is 14.8 Å². The molecule has 0 unspecified atom stereocenters. The van der Waals surface area contributed by atoms with Gasteiger partial charge >= 0.3 is 24.3 Å². The number of rotatable bonds is 4. The predicted octanol–water partition coefficient (Wildman–Crippen LogP) is 2.71. The van der Waals surface area contributed by atoms with E-state index in [-0.39, 0.29) is 5.91 Å². The number of amides is 1. The summed E-state index contributed by atoms with van der Waals surface area (Å²) in [4.78, 5) is 38.4. The minimum absolute atomic E-state index is 0.269. The number of carbonyl (C=O) groups is 3. The lowest BCUT2D eigenvalue weighted by Gasteiger charge is -2.24. The first-order chi connectivity index (χ1) is 15.2. The normalized spacial score (nSPS) is 20.2. The van der Waals surface area contributed by atoms with Crippen molar-refractivity contribution in [2.75, 3.05) is 13.1 Å². The maximum atomic E-state index is 12.0. The summed E-state index contributed by atoms with van der Waals surface area (Å²) in [6.45, 7) is 6.38. The standard InChI is InChI=1S/C15H19N3O.2C2HF3O2/c1-2-7-18-13-5-8-17(14(13)9-15(18)19)11-12-4-3-6-16-10-12;2*3-2(4,5)1(6)7/h2-4,6,10,13-14H,1,5,7-9,11H2;2*(H,6,7)/t13-,14+;;/m0../s1. The van der Waals surface area contributed by atoms with Gasteiger partial charge in [0.05, 0.1) is 0 Å². The van der Waals surface area contributed by atoms with Crippen LogP contribution in [0.3, 0.4) is 0 Å². The van der Waals surface area contributed by atoms with Crippen molar-refractivity contribution in [3.05, 3.63) is 42.7 Å². The molecule has 0 saturated carbocycles. The van der Waals surface area contributed by atoms with Gasteiger partial charge in [-0.15, -0.1) is 6.58 Å². The zero-order valence-corrected chi connectivity index (χ0v) is 17.0. The summed E-state index contributed by atoms with van der Waals surface area (Å²) in [6, 6.07) is 4.81. The minimum Gasteiger partial charge on any atom is -0.475 e. The molecule has 2 aliphatic heterocycles. The molecule has 0 aliphatic carbocycles. The van der Waals surface area contributed by atoms with Gasteiger partial charge in [0.15, 0.2) is 0 Å². The van der Waals surface area contributed by atoms with E-state index in [1.807, 2.05) is 23.2 Å². The van der Waals surface area contributed by atoms with Gasteiger partial charge in [0.2, 0.25) is 5.91 Å². The maximum Gasteiger partial charge on any atom is 0.490 e. The van der Waals surface area contributed by atoms with Crippen LogP contribution < -0.4 is 0 Å². The molecular formula is C19H21F6N3O5. The van der Waals surface area contributed by atoms with Gasteiger partial charge in [-0.1, -0.05) is 12.1 Å². The summed E-state index contributed by atoms with van der Waals surface area (Å²) in [7, 11) is 0. The molecule has 1 aromatic rings. The molecular weight excluding hydrogens is 464 g/mol. The molecule has 2 fully saturated rings. The smallest absolute Gasteiger partial charge is 0.475 e. The second kappa shape index (κ2) is 11.6. The molecule has 0 aromatic carbocycles. The second-order valence-electron chi connectivity index (χ2n) is 6.90. The lowest BCUT2D eigenvalue weighted by Crippen LogP contribution is -2.37. The quantitative estimate of drug-likeness (QED) is 0.498. The Morgan fingerprint density at radius 3 is 2.09 bits per heavy atom. The van der Waals surface area contributed by atoms with Crippen molar-refractivity contribution in [2.24, 2.45) is 0 Å². The lowest BCUT2D eigenvalue weighted by molar-refractivity contribution is -0.193. The van der Waals surface area contributed by atoms with Crippen LogP contribution in [0.15, 0.2) is 37.2 Å². The fourth-order valence-corrected chi connectivity index (χ4v) is 3.31. The van der Waals surface area contributed by atoms with E-state index in [9.17, 15) is 31.1 Å². The van der Waals surface area contributed by atoms with Crippen LogP contribution in [-0.4, -0.2) is 80.4 Å². The molecule has 0 spiro atoms. The van der Waals surface area contributed by atoms with Crippen LogP contribution in [0.1, 0.15) is 18.4 Å². The van der Waals surface area contributed by atoms with Gasteiger partial charge in [-0.05, 0) is 18.1 Å². The van der Waals surface area contributed by atoms with Crippen molar-refractivity contribution in [2.45, 2.75) is 43.8 Å². The largest absolute Gasteiger partial charge is 0.490 e. The molecule has 0 bridgehead atoms. The average Bonchev–Trinajstić information content (AvgIpc) is 3.22. The fraction of sp³-hybridized carbons (Fsp3) is 0.474. The molecule has 2 atom stereocenters. The van der Waals surface area contributed by atoms with Gasteiger partial charge in [-0.3, -0.25) is 14.7 Å². The Labute approximate surface area is 184 Å². The van der Waals surface area contributed by atoms with E-state index in [2.05, 4.69) is 22.5 Å². The number of hydrogen-bond donors (Lipinski definition) is 2. The molecule has 184 valence electrons. The molecule has 3 rings (SSSR count). The second-order valence-corrected chi connectivity index (χ2v) is 6.90. The molecule has 0 radical (unpaired) electrons. The van der Waals surface area contributed by atoms with Crippen LogP contribution in [0.4, 0.5) is 26.3 Å². The Morgan fingerprint density at radius 1 is 1.12 bits per heavy atom. The van der Waals surface area contributed by atoms with Crippen LogP contribution in [0.2, 0.25) is 0 Å². The number of halogens is 6. The number of carboxylic acid groups (broad SMARTS) is 2.